The SMILES string of the molecule is O=C(O)CCOCCOCCOCCO[C@@H]1OC(CO)[C@@H](O[C@@H]2OC(CO)[C@H](O)C(O)[C@@H]2O)C(O)[C@@H]1O. The van der Waals surface area contributed by atoms with Crippen LogP contribution in [0, 0.1) is 0 Å². The lowest BCUT2D eigenvalue weighted by atomic mass is 9.97. The second kappa shape index (κ2) is 16.8. The first-order valence-corrected chi connectivity index (χ1v) is 11.9. The van der Waals surface area contributed by atoms with Crippen molar-refractivity contribution in [2.75, 3.05) is 59.5 Å². The number of hydrogen-bond donors (Lipinski definition) is 8. The van der Waals surface area contributed by atoms with Gasteiger partial charge < -0.3 is 74.0 Å². The molecule has 2 aliphatic rings. The van der Waals surface area contributed by atoms with Crippen LogP contribution in [0.3, 0.4) is 0 Å². The summed E-state index contributed by atoms with van der Waals surface area (Å²) in [5.41, 5.74) is 0. The van der Waals surface area contributed by atoms with Gasteiger partial charge >= 0.3 is 5.97 Å². The highest BCUT2D eigenvalue weighted by atomic mass is 16.7. The van der Waals surface area contributed by atoms with Crippen LogP contribution in [-0.2, 0) is 38.0 Å². The molecule has 16 nitrogen and oxygen atoms in total. The molecule has 0 spiro atoms. The van der Waals surface area contributed by atoms with Gasteiger partial charge in [0.15, 0.2) is 12.6 Å². The number of aliphatic hydroxyl groups excluding tert-OH is 7. The first kappa shape index (κ1) is 32.1. The highest BCUT2D eigenvalue weighted by Crippen LogP contribution is 2.29. The zero-order valence-electron chi connectivity index (χ0n) is 20.2. The van der Waals surface area contributed by atoms with Crippen molar-refractivity contribution in [2.45, 2.75) is 67.8 Å². The Morgan fingerprint density at radius 3 is 1.70 bits per heavy atom. The summed E-state index contributed by atoms with van der Waals surface area (Å²) in [5.74, 6) is -0.940. The number of ether oxygens (including phenoxy) is 7. The summed E-state index contributed by atoms with van der Waals surface area (Å²) in [5, 5.41) is 78.3. The molecule has 8 N–H and O–H groups in total. The molecule has 218 valence electrons. The van der Waals surface area contributed by atoms with Crippen LogP contribution >= 0.6 is 0 Å². The van der Waals surface area contributed by atoms with Crippen LogP contribution in [0.5, 0.6) is 0 Å². The van der Waals surface area contributed by atoms with E-state index in [-0.39, 0.29) is 52.7 Å². The van der Waals surface area contributed by atoms with E-state index in [1.54, 1.807) is 0 Å². The minimum Gasteiger partial charge on any atom is -0.481 e. The van der Waals surface area contributed by atoms with Gasteiger partial charge in [-0.1, -0.05) is 0 Å². The van der Waals surface area contributed by atoms with Crippen LogP contribution in [0.25, 0.3) is 0 Å². The molecule has 2 saturated heterocycles. The van der Waals surface area contributed by atoms with Crippen LogP contribution in [0.1, 0.15) is 6.42 Å². The summed E-state index contributed by atoms with van der Waals surface area (Å²) in [4.78, 5) is 10.3. The third-order valence-electron chi connectivity index (χ3n) is 5.67. The molecule has 0 aromatic heterocycles. The standard InChI is InChI=1S/C21H38O16/c22-9-11-14(26)15(27)17(29)21(35-11)37-19-12(10-23)36-20(18(30)16(19)28)34-8-7-33-6-5-32-4-3-31-2-1-13(24)25/h11-12,14-23,26-30H,1-10H2,(H,24,25)/t11?,12?,14-,15?,16?,17-,18-,19+,20+,21-/m0/s1. The monoisotopic (exact) mass is 546 g/mol. The molecule has 37 heavy (non-hydrogen) atoms. The topological polar surface area (TPSA) is 244 Å². The van der Waals surface area contributed by atoms with Gasteiger partial charge in [0, 0.05) is 0 Å². The predicted molar refractivity (Wildman–Crippen MR) is 117 cm³/mol. The van der Waals surface area contributed by atoms with Crippen molar-refractivity contribution in [1.82, 2.24) is 0 Å². The largest absolute Gasteiger partial charge is 0.481 e. The predicted octanol–water partition coefficient (Wildman–Crippen LogP) is -4.85. The lowest BCUT2D eigenvalue weighted by Gasteiger charge is -2.45. The molecule has 2 heterocycles. The molecule has 0 radical (unpaired) electrons. The number of rotatable bonds is 17. The number of aliphatic hydroxyl groups is 7. The van der Waals surface area contributed by atoms with Gasteiger partial charge in [-0.2, -0.15) is 0 Å². The van der Waals surface area contributed by atoms with Crippen molar-refractivity contribution in [3.63, 3.8) is 0 Å². The van der Waals surface area contributed by atoms with Crippen LogP contribution in [0.2, 0.25) is 0 Å². The Morgan fingerprint density at radius 1 is 0.622 bits per heavy atom. The molecule has 0 aromatic rings. The van der Waals surface area contributed by atoms with Gasteiger partial charge in [0.05, 0.1) is 65.9 Å². The van der Waals surface area contributed by atoms with Gasteiger partial charge in [0.1, 0.15) is 48.8 Å². The first-order valence-electron chi connectivity index (χ1n) is 11.9. The Bertz CT molecular complexity index is 636. The Balaban J connectivity index is 1.69. The minimum absolute atomic E-state index is 0.0386. The van der Waals surface area contributed by atoms with E-state index in [9.17, 15) is 40.5 Å². The summed E-state index contributed by atoms with van der Waals surface area (Å²) < 4.78 is 37.2. The van der Waals surface area contributed by atoms with Gasteiger partial charge in [-0.15, -0.1) is 0 Å². The van der Waals surface area contributed by atoms with Crippen LogP contribution in [-0.4, -0.2) is 168 Å². The Morgan fingerprint density at radius 2 is 1.14 bits per heavy atom. The summed E-state index contributed by atoms with van der Waals surface area (Å²) in [7, 11) is 0. The summed E-state index contributed by atoms with van der Waals surface area (Å²) >= 11 is 0. The maximum absolute atomic E-state index is 10.5. The van der Waals surface area contributed by atoms with Crippen LogP contribution < -0.4 is 0 Å². The maximum atomic E-state index is 10.5. The van der Waals surface area contributed by atoms with Crippen molar-refractivity contribution < 1.29 is 78.8 Å². The van der Waals surface area contributed by atoms with E-state index in [2.05, 4.69) is 0 Å². The fraction of sp³-hybridized carbons (Fsp3) is 0.952. The van der Waals surface area contributed by atoms with Crippen molar-refractivity contribution in [1.29, 1.82) is 0 Å². The average Bonchev–Trinajstić information content (AvgIpc) is 2.88. The maximum Gasteiger partial charge on any atom is 0.305 e. The van der Waals surface area contributed by atoms with Gasteiger partial charge in [-0.25, -0.2) is 0 Å². The van der Waals surface area contributed by atoms with E-state index < -0.39 is 80.6 Å². The molecule has 16 heteroatoms. The molecule has 2 fully saturated rings. The zero-order chi connectivity index (χ0) is 27.4. The van der Waals surface area contributed by atoms with E-state index in [0.29, 0.717) is 0 Å². The average molecular weight is 547 g/mol. The Hall–Kier alpha value is -1.09. The molecule has 0 saturated carbocycles. The van der Waals surface area contributed by atoms with Crippen LogP contribution in [0.4, 0.5) is 0 Å². The van der Waals surface area contributed by atoms with Gasteiger partial charge in [-0.05, 0) is 0 Å². The molecule has 0 amide bonds. The third-order valence-corrected chi connectivity index (χ3v) is 5.67. The summed E-state index contributed by atoms with van der Waals surface area (Å²) in [6.07, 6.45) is -15.3. The van der Waals surface area contributed by atoms with E-state index in [4.69, 9.17) is 38.3 Å². The van der Waals surface area contributed by atoms with Gasteiger partial charge in [-0.3, -0.25) is 4.79 Å². The van der Waals surface area contributed by atoms with Crippen molar-refractivity contribution >= 4 is 5.97 Å². The van der Waals surface area contributed by atoms with Crippen molar-refractivity contribution in [2.24, 2.45) is 0 Å². The molecule has 4 unspecified atom stereocenters. The second-order valence-electron chi connectivity index (χ2n) is 8.36. The highest BCUT2D eigenvalue weighted by Gasteiger charge is 2.50. The Kier molecular flexibility index (Phi) is 14.6. The molecular weight excluding hydrogens is 508 g/mol. The molecule has 0 bridgehead atoms. The molecule has 0 aromatic carbocycles. The van der Waals surface area contributed by atoms with E-state index in [1.807, 2.05) is 0 Å². The van der Waals surface area contributed by atoms with Crippen LogP contribution in [0.15, 0.2) is 0 Å². The number of carboxylic acid groups (broad SMARTS) is 1. The minimum atomic E-state index is -1.75. The molecule has 0 aliphatic carbocycles. The van der Waals surface area contributed by atoms with E-state index in [0.717, 1.165) is 0 Å². The fourth-order valence-corrected chi connectivity index (χ4v) is 3.62. The molecular formula is C21H38O16. The number of aliphatic carboxylic acids is 1. The second-order valence-corrected chi connectivity index (χ2v) is 8.36. The lowest BCUT2D eigenvalue weighted by Crippen LogP contribution is -2.64. The quantitative estimate of drug-likeness (QED) is 0.0797. The third kappa shape index (κ3) is 9.86. The first-order chi connectivity index (χ1) is 17.7. The summed E-state index contributed by atoms with van der Waals surface area (Å²) in [6, 6.07) is 0. The van der Waals surface area contributed by atoms with E-state index >= 15 is 0 Å². The smallest absolute Gasteiger partial charge is 0.305 e. The number of hydrogen-bond acceptors (Lipinski definition) is 15. The van der Waals surface area contributed by atoms with Gasteiger partial charge in [0.2, 0.25) is 0 Å². The Labute approximate surface area is 212 Å². The molecule has 2 rings (SSSR count). The molecule has 10 atom stereocenters. The fourth-order valence-electron chi connectivity index (χ4n) is 3.62. The normalized spacial score (nSPS) is 36.5. The highest BCUT2D eigenvalue weighted by molar-refractivity contribution is 5.66. The van der Waals surface area contributed by atoms with Gasteiger partial charge in [0.25, 0.3) is 0 Å². The van der Waals surface area contributed by atoms with E-state index in [1.165, 1.54) is 0 Å². The van der Waals surface area contributed by atoms with Crippen molar-refractivity contribution in [3.05, 3.63) is 0 Å². The summed E-state index contributed by atoms with van der Waals surface area (Å²) in [6.45, 7) is -0.187. The number of carbonyl (C=O) groups is 1. The zero-order valence-corrected chi connectivity index (χ0v) is 20.2. The van der Waals surface area contributed by atoms with Crippen molar-refractivity contribution in [3.8, 4) is 0 Å². The molecule has 2 aliphatic heterocycles. The lowest BCUT2D eigenvalue weighted by molar-refractivity contribution is -0.359. The number of carboxylic acids is 1.